The molecule has 0 radical (unpaired) electrons. The molecule has 1 aliphatic heterocycles. The van der Waals surface area contributed by atoms with Crippen LogP contribution >= 0.6 is 0 Å². The number of sulfonamides is 1. The van der Waals surface area contributed by atoms with Gasteiger partial charge in [0.2, 0.25) is 10.0 Å². The molecule has 1 aliphatic carbocycles. The van der Waals surface area contributed by atoms with Gasteiger partial charge in [0, 0.05) is 30.5 Å². The summed E-state index contributed by atoms with van der Waals surface area (Å²) in [6.07, 6.45) is 4.06. The van der Waals surface area contributed by atoms with Crippen molar-refractivity contribution in [2.24, 2.45) is 5.92 Å². The topological polar surface area (TPSA) is 61.2 Å². The maximum Gasteiger partial charge on any atom is 0.243 e. The zero-order valence-electron chi connectivity index (χ0n) is 16.3. The average Bonchev–Trinajstić information content (AvgIpc) is 3.22. The molecule has 2 atom stereocenters. The highest BCUT2D eigenvalue weighted by Gasteiger charge is 2.38. The fourth-order valence-electron chi connectivity index (χ4n) is 4.49. The van der Waals surface area contributed by atoms with Gasteiger partial charge >= 0.3 is 0 Å². The lowest BCUT2D eigenvalue weighted by molar-refractivity contribution is 0.471. The first kappa shape index (κ1) is 18.8. The van der Waals surface area contributed by atoms with Gasteiger partial charge in [-0.25, -0.2) is 8.42 Å². The number of nitrogens with zero attached hydrogens (tertiary/aromatic N) is 2. The second-order valence-corrected chi connectivity index (χ2v) is 9.68. The number of hydrogen-bond donors (Lipinski definition) is 0. The Kier molecular flexibility index (Phi) is 4.54. The molecule has 1 heterocycles. The van der Waals surface area contributed by atoms with Crippen molar-refractivity contribution in [3.63, 3.8) is 0 Å². The predicted octanol–water partition coefficient (Wildman–Crippen LogP) is 4.63. The Bertz CT molecular complexity index is 1330. The maximum absolute atomic E-state index is 13.1. The minimum absolute atomic E-state index is 0.0515. The van der Waals surface area contributed by atoms with Gasteiger partial charge in [-0.15, -0.1) is 0 Å². The summed E-state index contributed by atoms with van der Waals surface area (Å²) < 4.78 is 27.7. The van der Waals surface area contributed by atoms with Crippen molar-refractivity contribution in [2.45, 2.75) is 10.8 Å². The van der Waals surface area contributed by atoms with E-state index in [4.69, 9.17) is 0 Å². The molecule has 2 aliphatic rings. The van der Waals surface area contributed by atoms with E-state index in [-0.39, 0.29) is 11.8 Å². The van der Waals surface area contributed by atoms with Gasteiger partial charge in [0.05, 0.1) is 11.0 Å². The summed E-state index contributed by atoms with van der Waals surface area (Å²) >= 11 is 0. The third-order valence-corrected chi connectivity index (χ3v) is 7.83. The van der Waals surface area contributed by atoms with Crippen molar-refractivity contribution in [1.29, 1.82) is 5.26 Å². The van der Waals surface area contributed by atoms with Crippen molar-refractivity contribution in [2.75, 3.05) is 13.1 Å². The molecule has 4 nitrogen and oxygen atoms in total. The maximum atomic E-state index is 13.1. The molecule has 1 saturated heterocycles. The van der Waals surface area contributed by atoms with Gasteiger partial charge in [-0.1, -0.05) is 72.8 Å². The zero-order chi connectivity index (χ0) is 20.7. The lowest BCUT2D eigenvalue weighted by Gasteiger charge is -2.22. The van der Waals surface area contributed by atoms with Crippen LogP contribution in [0.2, 0.25) is 0 Å². The fourth-order valence-corrected chi connectivity index (χ4v) is 5.97. The molecule has 0 aromatic heterocycles. The van der Waals surface area contributed by atoms with E-state index in [1.165, 1.54) is 4.31 Å². The number of allylic oxidation sites excluding steroid dienone is 2. The second-order valence-electron chi connectivity index (χ2n) is 7.74. The van der Waals surface area contributed by atoms with E-state index in [1.54, 1.807) is 24.3 Å². The highest BCUT2D eigenvalue weighted by molar-refractivity contribution is 7.89. The summed E-state index contributed by atoms with van der Waals surface area (Å²) in [5, 5.41) is 12.1. The van der Waals surface area contributed by atoms with Gasteiger partial charge in [-0.2, -0.15) is 9.57 Å². The number of fused-ring (bicyclic) bond motifs is 2. The molecule has 0 spiro atoms. The first-order chi connectivity index (χ1) is 14.6. The van der Waals surface area contributed by atoms with Crippen molar-refractivity contribution in [1.82, 2.24) is 4.31 Å². The summed E-state index contributed by atoms with van der Waals surface area (Å²) in [6.45, 7) is 0.731. The molecule has 5 rings (SSSR count). The number of nitriles is 1. The predicted molar refractivity (Wildman–Crippen MR) is 117 cm³/mol. The van der Waals surface area contributed by atoms with Crippen molar-refractivity contribution >= 4 is 20.8 Å². The van der Waals surface area contributed by atoms with E-state index in [0.29, 0.717) is 23.6 Å². The minimum Gasteiger partial charge on any atom is -0.207 e. The molecule has 5 heteroatoms. The minimum atomic E-state index is -3.56. The van der Waals surface area contributed by atoms with E-state index < -0.39 is 10.0 Å². The molecule has 0 unspecified atom stereocenters. The largest absolute Gasteiger partial charge is 0.243 e. The summed E-state index contributed by atoms with van der Waals surface area (Å²) in [7, 11) is -3.56. The molecule has 0 amide bonds. The SMILES string of the molecule is N#CC1=C[C@@H]2CN(S(=O)(=O)c3ccccc3)CC2=C[C@H]1c1cccc2ccccc12. The lowest BCUT2D eigenvalue weighted by Crippen LogP contribution is -2.28. The van der Waals surface area contributed by atoms with E-state index in [0.717, 1.165) is 21.9 Å². The monoisotopic (exact) mass is 412 g/mol. The molecule has 0 N–H and O–H groups in total. The van der Waals surface area contributed by atoms with Crippen LogP contribution in [0.4, 0.5) is 0 Å². The highest BCUT2D eigenvalue weighted by atomic mass is 32.2. The standard InChI is InChI=1S/C25H20N2O2S/c26-15-19-13-20-16-27(30(28,29)22-9-2-1-3-10-22)17-21(20)14-25(19)24-12-6-8-18-7-4-5-11-23(18)24/h1-14,20,25H,16-17H2/t20-,25-/m1/s1. The molecule has 30 heavy (non-hydrogen) atoms. The van der Waals surface area contributed by atoms with Gasteiger partial charge in [0.25, 0.3) is 0 Å². The zero-order valence-corrected chi connectivity index (χ0v) is 17.1. The Labute approximate surface area is 176 Å². The summed E-state index contributed by atoms with van der Waals surface area (Å²) in [5.74, 6) is -0.212. The molecule has 3 aromatic carbocycles. The highest BCUT2D eigenvalue weighted by Crippen LogP contribution is 2.41. The van der Waals surface area contributed by atoms with Gasteiger partial charge in [-0.05, 0) is 34.0 Å². The third-order valence-electron chi connectivity index (χ3n) is 6.00. The average molecular weight is 413 g/mol. The van der Waals surface area contributed by atoms with E-state index in [9.17, 15) is 13.7 Å². The molecule has 0 saturated carbocycles. The normalized spacial score (nSPS) is 21.6. The van der Waals surface area contributed by atoms with Crippen LogP contribution in [0.3, 0.4) is 0 Å². The molecule has 0 bridgehead atoms. The molecular formula is C25H20N2O2S. The van der Waals surface area contributed by atoms with Crippen molar-refractivity contribution < 1.29 is 8.42 Å². The Morgan fingerprint density at radius 1 is 0.900 bits per heavy atom. The molecule has 148 valence electrons. The summed E-state index contributed by atoms with van der Waals surface area (Å²) in [4.78, 5) is 0.305. The Hall–Kier alpha value is -3.20. The summed E-state index contributed by atoms with van der Waals surface area (Å²) in [6, 6.07) is 25.2. The van der Waals surface area contributed by atoms with Crippen LogP contribution in [0, 0.1) is 17.2 Å². The van der Waals surface area contributed by atoms with Gasteiger partial charge in [0.15, 0.2) is 0 Å². The third kappa shape index (κ3) is 3.06. The lowest BCUT2D eigenvalue weighted by atomic mass is 9.80. The van der Waals surface area contributed by atoms with E-state index in [2.05, 4.69) is 36.4 Å². The Morgan fingerprint density at radius 2 is 1.63 bits per heavy atom. The van der Waals surface area contributed by atoms with Gasteiger partial charge < -0.3 is 0 Å². The first-order valence-corrected chi connectivity index (χ1v) is 11.4. The number of rotatable bonds is 3. The van der Waals surface area contributed by atoms with Gasteiger partial charge in [0.1, 0.15) is 0 Å². The van der Waals surface area contributed by atoms with E-state index >= 15 is 0 Å². The van der Waals surface area contributed by atoms with Crippen LogP contribution in [0.15, 0.2) is 101 Å². The van der Waals surface area contributed by atoms with Crippen LogP contribution < -0.4 is 0 Å². The van der Waals surface area contributed by atoms with Crippen LogP contribution in [-0.2, 0) is 10.0 Å². The summed E-state index contributed by atoms with van der Waals surface area (Å²) in [5.41, 5.74) is 2.82. The van der Waals surface area contributed by atoms with Crippen molar-refractivity contribution in [3.8, 4) is 6.07 Å². The molecule has 1 fully saturated rings. The number of benzene rings is 3. The number of hydrogen-bond acceptors (Lipinski definition) is 3. The smallest absolute Gasteiger partial charge is 0.207 e. The molecule has 3 aromatic rings. The van der Waals surface area contributed by atoms with E-state index in [1.807, 2.05) is 30.3 Å². The first-order valence-electron chi connectivity index (χ1n) is 9.93. The Balaban J connectivity index is 1.54. The van der Waals surface area contributed by atoms with Crippen LogP contribution in [-0.4, -0.2) is 25.8 Å². The van der Waals surface area contributed by atoms with Crippen LogP contribution in [0.1, 0.15) is 11.5 Å². The van der Waals surface area contributed by atoms with Crippen molar-refractivity contribution in [3.05, 3.63) is 102 Å². The van der Waals surface area contributed by atoms with Crippen LogP contribution in [0.5, 0.6) is 0 Å². The van der Waals surface area contributed by atoms with Gasteiger partial charge in [-0.3, -0.25) is 0 Å². The molecular weight excluding hydrogens is 392 g/mol. The quantitative estimate of drug-likeness (QED) is 0.589. The van der Waals surface area contributed by atoms with Crippen LogP contribution in [0.25, 0.3) is 10.8 Å². The Morgan fingerprint density at radius 3 is 2.43 bits per heavy atom. The fraction of sp³-hybridized carbons (Fsp3) is 0.160. The second kappa shape index (κ2) is 7.24.